The van der Waals surface area contributed by atoms with Gasteiger partial charge < -0.3 is 5.32 Å². The summed E-state index contributed by atoms with van der Waals surface area (Å²) in [5.74, 6) is 0.633. The minimum absolute atomic E-state index is 0.633. The molecule has 0 aliphatic rings. The molecule has 0 aliphatic carbocycles. The van der Waals surface area contributed by atoms with Crippen LogP contribution in [0.2, 0.25) is 0 Å². The Balaban J connectivity index is 2.18. The van der Waals surface area contributed by atoms with E-state index in [2.05, 4.69) is 38.4 Å². The lowest BCUT2D eigenvalue weighted by Crippen LogP contribution is -2.07. The molecule has 0 saturated heterocycles. The highest BCUT2D eigenvalue weighted by molar-refractivity contribution is 7.16. The van der Waals surface area contributed by atoms with Crippen LogP contribution >= 0.6 is 22.7 Å². The predicted molar refractivity (Wildman–Crippen MR) is 89.9 cm³/mol. The first kappa shape index (κ1) is 15.4. The summed E-state index contributed by atoms with van der Waals surface area (Å²) in [4.78, 5) is 10.7. The fourth-order valence-electron chi connectivity index (χ4n) is 1.91. The fourth-order valence-corrected chi connectivity index (χ4v) is 3.91. The number of hydrogen-bond donors (Lipinski definition) is 1. The van der Waals surface area contributed by atoms with E-state index in [9.17, 15) is 0 Å². The molecule has 0 radical (unpaired) electrons. The molecule has 2 rings (SSSR count). The highest BCUT2D eigenvalue weighted by Crippen LogP contribution is 2.33. The van der Waals surface area contributed by atoms with E-state index in [1.165, 1.54) is 15.6 Å². The van der Waals surface area contributed by atoms with Crippen LogP contribution < -0.4 is 5.32 Å². The van der Waals surface area contributed by atoms with Crippen LogP contribution in [0.4, 0.5) is 5.13 Å². The molecule has 110 valence electrons. The van der Waals surface area contributed by atoms with Crippen molar-refractivity contribution < 1.29 is 0 Å². The molecule has 5 heteroatoms. The maximum absolute atomic E-state index is 4.74. The summed E-state index contributed by atoms with van der Waals surface area (Å²) >= 11 is 3.49. The number of anilines is 1. The van der Waals surface area contributed by atoms with E-state index in [0.29, 0.717) is 5.92 Å². The molecular weight excluding hydrogens is 286 g/mol. The number of thiazole rings is 2. The number of nitrogens with zero attached hydrogens (tertiary/aromatic N) is 2. The second-order valence-electron chi connectivity index (χ2n) is 5.30. The lowest BCUT2D eigenvalue weighted by Gasteiger charge is -2.04. The number of rotatable bonds is 7. The number of nitrogens with one attached hydrogen (secondary N) is 1. The van der Waals surface area contributed by atoms with Crippen molar-refractivity contribution >= 4 is 27.8 Å². The first-order valence-electron chi connectivity index (χ1n) is 7.32. The highest BCUT2D eigenvalue weighted by Gasteiger charge is 2.14. The molecule has 2 aromatic rings. The standard InChI is InChI=1S/C15H23N3S2/c1-5-7-13-17-11(6-2)14(20-13)12-9-19-15(18-12)16-8-10(3)4/h9-10H,5-8H2,1-4H3,(H,16,18). The Morgan fingerprint density at radius 2 is 2.05 bits per heavy atom. The molecule has 0 aliphatic heterocycles. The Morgan fingerprint density at radius 3 is 2.70 bits per heavy atom. The van der Waals surface area contributed by atoms with Gasteiger partial charge in [-0.25, -0.2) is 9.97 Å². The van der Waals surface area contributed by atoms with Gasteiger partial charge in [-0.05, 0) is 25.2 Å². The molecule has 2 heterocycles. The summed E-state index contributed by atoms with van der Waals surface area (Å²) in [6.45, 7) is 9.74. The molecule has 0 spiro atoms. The Morgan fingerprint density at radius 1 is 1.25 bits per heavy atom. The Hall–Kier alpha value is -0.940. The first-order chi connectivity index (χ1) is 9.63. The average molecular weight is 310 g/mol. The van der Waals surface area contributed by atoms with E-state index < -0.39 is 0 Å². The second kappa shape index (κ2) is 7.18. The van der Waals surface area contributed by atoms with Gasteiger partial charge in [0.25, 0.3) is 0 Å². The molecule has 3 nitrogen and oxygen atoms in total. The van der Waals surface area contributed by atoms with E-state index in [1.54, 1.807) is 22.7 Å². The van der Waals surface area contributed by atoms with Gasteiger partial charge in [0.05, 0.1) is 21.3 Å². The van der Waals surface area contributed by atoms with Gasteiger partial charge in [-0.2, -0.15) is 0 Å². The topological polar surface area (TPSA) is 37.8 Å². The van der Waals surface area contributed by atoms with Crippen molar-refractivity contribution in [2.75, 3.05) is 11.9 Å². The molecule has 0 fully saturated rings. The molecule has 0 bridgehead atoms. The van der Waals surface area contributed by atoms with Crippen LogP contribution in [-0.4, -0.2) is 16.5 Å². The molecule has 0 saturated carbocycles. The van der Waals surface area contributed by atoms with Gasteiger partial charge in [0, 0.05) is 11.9 Å². The maximum Gasteiger partial charge on any atom is 0.183 e. The van der Waals surface area contributed by atoms with Crippen LogP contribution in [0.15, 0.2) is 5.38 Å². The Labute approximate surface area is 129 Å². The van der Waals surface area contributed by atoms with E-state index in [-0.39, 0.29) is 0 Å². The van der Waals surface area contributed by atoms with Crippen LogP contribution in [0, 0.1) is 5.92 Å². The summed E-state index contributed by atoms with van der Waals surface area (Å²) in [6, 6.07) is 0. The lowest BCUT2D eigenvalue weighted by molar-refractivity contribution is 0.688. The van der Waals surface area contributed by atoms with E-state index in [0.717, 1.165) is 36.6 Å². The van der Waals surface area contributed by atoms with E-state index in [4.69, 9.17) is 9.97 Å². The third kappa shape index (κ3) is 3.79. The molecule has 0 aromatic carbocycles. The van der Waals surface area contributed by atoms with Crippen molar-refractivity contribution in [2.24, 2.45) is 5.92 Å². The monoisotopic (exact) mass is 309 g/mol. The molecule has 0 amide bonds. The van der Waals surface area contributed by atoms with Crippen molar-refractivity contribution in [3.05, 3.63) is 16.1 Å². The first-order valence-corrected chi connectivity index (χ1v) is 9.02. The second-order valence-corrected chi connectivity index (χ2v) is 7.24. The van der Waals surface area contributed by atoms with Gasteiger partial charge in [0.15, 0.2) is 5.13 Å². The molecule has 1 N–H and O–H groups in total. The SMILES string of the molecule is CCCc1nc(CC)c(-c2csc(NCC(C)C)n2)s1. The molecule has 0 unspecified atom stereocenters. The largest absolute Gasteiger partial charge is 0.361 e. The summed E-state index contributed by atoms with van der Waals surface area (Å²) in [5.41, 5.74) is 2.28. The third-order valence-corrected chi connectivity index (χ3v) is 4.92. The summed E-state index contributed by atoms with van der Waals surface area (Å²) < 4.78 is 0. The van der Waals surface area contributed by atoms with Crippen molar-refractivity contribution in [3.63, 3.8) is 0 Å². The van der Waals surface area contributed by atoms with E-state index in [1.807, 2.05) is 0 Å². The zero-order chi connectivity index (χ0) is 14.5. The number of hydrogen-bond acceptors (Lipinski definition) is 5. The normalized spacial score (nSPS) is 11.2. The van der Waals surface area contributed by atoms with Gasteiger partial charge in [-0.1, -0.05) is 27.7 Å². The van der Waals surface area contributed by atoms with Crippen LogP contribution in [0.5, 0.6) is 0 Å². The van der Waals surface area contributed by atoms with Gasteiger partial charge in [-0.3, -0.25) is 0 Å². The zero-order valence-corrected chi connectivity index (χ0v) is 14.3. The number of aromatic nitrogens is 2. The minimum Gasteiger partial charge on any atom is -0.361 e. The van der Waals surface area contributed by atoms with Crippen molar-refractivity contribution in [1.29, 1.82) is 0 Å². The molecule has 2 aromatic heterocycles. The van der Waals surface area contributed by atoms with Gasteiger partial charge in [-0.15, -0.1) is 22.7 Å². The van der Waals surface area contributed by atoms with Crippen molar-refractivity contribution in [1.82, 2.24) is 9.97 Å². The Kier molecular flexibility index (Phi) is 5.54. The lowest BCUT2D eigenvalue weighted by atomic mass is 10.2. The van der Waals surface area contributed by atoms with Crippen LogP contribution in [0.25, 0.3) is 10.6 Å². The van der Waals surface area contributed by atoms with Gasteiger partial charge in [0.2, 0.25) is 0 Å². The third-order valence-electron chi connectivity index (χ3n) is 2.94. The fraction of sp³-hybridized carbons (Fsp3) is 0.600. The number of aryl methyl sites for hydroxylation is 2. The smallest absolute Gasteiger partial charge is 0.183 e. The zero-order valence-electron chi connectivity index (χ0n) is 12.7. The van der Waals surface area contributed by atoms with Crippen LogP contribution in [0.3, 0.4) is 0 Å². The summed E-state index contributed by atoms with van der Waals surface area (Å²) in [5, 5.41) is 7.79. The predicted octanol–water partition coefficient (Wildman–Crippen LogP) is 4.85. The van der Waals surface area contributed by atoms with Crippen LogP contribution in [0.1, 0.15) is 44.8 Å². The molecule has 20 heavy (non-hydrogen) atoms. The minimum atomic E-state index is 0.633. The van der Waals surface area contributed by atoms with Crippen molar-refractivity contribution in [2.45, 2.75) is 47.0 Å². The van der Waals surface area contributed by atoms with Gasteiger partial charge in [0.1, 0.15) is 0 Å². The average Bonchev–Trinajstić information content (AvgIpc) is 3.02. The molecule has 0 atom stereocenters. The summed E-state index contributed by atoms with van der Waals surface area (Å²) in [6.07, 6.45) is 3.19. The highest BCUT2D eigenvalue weighted by atomic mass is 32.1. The van der Waals surface area contributed by atoms with Gasteiger partial charge >= 0.3 is 0 Å². The quantitative estimate of drug-likeness (QED) is 0.794. The van der Waals surface area contributed by atoms with Crippen LogP contribution in [-0.2, 0) is 12.8 Å². The van der Waals surface area contributed by atoms with E-state index >= 15 is 0 Å². The summed E-state index contributed by atoms with van der Waals surface area (Å²) in [7, 11) is 0. The van der Waals surface area contributed by atoms with Crippen molar-refractivity contribution in [3.8, 4) is 10.6 Å². The Bertz CT molecular complexity index is 543. The maximum atomic E-state index is 4.74. The molecular formula is C15H23N3S2.